The SMILES string of the molecule is Cc1ccc(O)c(CNC(C)c2ccc(Cl)cc2)c1. The molecule has 0 aliphatic heterocycles. The van der Waals surface area contributed by atoms with E-state index >= 15 is 0 Å². The van der Waals surface area contributed by atoms with Gasteiger partial charge in [-0.3, -0.25) is 0 Å². The molecule has 0 aliphatic rings. The van der Waals surface area contributed by atoms with Gasteiger partial charge in [0.1, 0.15) is 5.75 Å². The van der Waals surface area contributed by atoms with Crippen LogP contribution in [0.3, 0.4) is 0 Å². The van der Waals surface area contributed by atoms with Gasteiger partial charge in [0.2, 0.25) is 0 Å². The zero-order valence-corrected chi connectivity index (χ0v) is 11.9. The van der Waals surface area contributed by atoms with Crippen molar-refractivity contribution in [1.82, 2.24) is 5.32 Å². The van der Waals surface area contributed by atoms with E-state index in [0.717, 1.165) is 16.1 Å². The standard InChI is InChI=1S/C16H18ClNO/c1-11-3-8-16(19)14(9-11)10-18-12(2)13-4-6-15(17)7-5-13/h3-9,12,18-19H,10H2,1-2H3. The van der Waals surface area contributed by atoms with Crippen LogP contribution in [-0.4, -0.2) is 5.11 Å². The molecule has 0 saturated carbocycles. The van der Waals surface area contributed by atoms with Crippen LogP contribution in [0.1, 0.15) is 29.7 Å². The second-order valence-corrected chi connectivity index (χ2v) is 5.22. The highest BCUT2D eigenvalue weighted by Gasteiger charge is 2.07. The average Bonchev–Trinajstić information content (AvgIpc) is 2.40. The maximum Gasteiger partial charge on any atom is 0.120 e. The van der Waals surface area contributed by atoms with E-state index in [1.807, 2.05) is 43.3 Å². The lowest BCUT2D eigenvalue weighted by Gasteiger charge is -2.15. The van der Waals surface area contributed by atoms with Crippen molar-refractivity contribution in [2.45, 2.75) is 26.4 Å². The zero-order valence-electron chi connectivity index (χ0n) is 11.2. The van der Waals surface area contributed by atoms with Gasteiger partial charge >= 0.3 is 0 Å². The number of nitrogens with one attached hydrogen (secondary N) is 1. The molecule has 0 amide bonds. The van der Waals surface area contributed by atoms with Gasteiger partial charge in [-0.25, -0.2) is 0 Å². The summed E-state index contributed by atoms with van der Waals surface area (Å²) in [5.41, 5.74) is 3.24. The number of aryl methyl sites for hydroxylation is 1. The Bertz CT molecular complexity index is 551. The Morgan fingerprint density at radius 1 is 1.16 bits per heavy atom. The Morgan fingerprint density at radius 3 is 2.53 bits per heavy atom. The Balaban J connectivity index is 2.02. The quantitative estimate of drug-likeness (QED) is 0.876. The largest absolute Gasteiger partial charge is 0.508 e. The van der Waals surface area contributed by atoms with Crippen LogP contribution in [0.2, 0.25) is 5.02 Å². The second-order valence-electron chi connectivity index (χ2n) is 4.79. The zero-order chi connectivity index (χ0) is 13.8. The van der Waals surface area contributed by atoms with Crippen molar-refractivity contribution >= 4 is 11.6 Å². The van der Waals surface area contributed by atoms with Crippen LogP contribution in [0, 0.1) is 6.92 Å². The van der Waals surface area contributed by atoms with Crippen molar-refractivity contribution in [2.24, 2.45) is 0 Å². The van der Waals surface area contributed by atoms with Gasteiger partial charge in [0.25, 0.3) is 0 Å². The number of hydrogen-bond acceptors (Lipinski definition) is 2. The summed E-state index contributed by atoms with van der Waals surface area (Å²) in [4.78, 5) is 0. The average molecular weight is 276 g/mol. The predicted molar refractivity (Wildman–Crippen MR) is 79.6 cm³/mol. The molecular weight excluding hydrogens is 258 g/mol. The van der Waals surface area contributed by atoms with Gasteiger partial charge in [-0.05, 0) is 37.6 Å². The van der Waals surface area contributed by atoms with Gasteiger partial charge in [-0.15, -0.1) is 0 Å². The highest BCUT2D eigenvalue weighted by atomic mass is 35.5. The lowest BCUT2D eigenvalue weighted by Crippen LogP contribution is -2.18. The fraction of sp³-hybridized carbons (Fsp3) is 0.250. The predicted octanol–water partition coefficient (Wildman–Crippen LogP) is 4.20. The Hall–Kier alpha value is -1.51. The van der Waals surface area contributed by atoms with Crippen LogP contribution < -0.4 is 5.32 Å². The van der Waals surface area contributed by atoms with Crippen LogP contribution in [0.25, 0.3) is 0 Å². The molecule has 0 saturated heterocycles. The molecule has 1 unspecified atom stereocenters. The van der Waals surface area contributed by atoms with Crippen LogP contribution >= 0.6 is 11.6 Å². The van der Waals surface area contributed by atoms with Crippen LogP contribution in [-0.2, 0) is 6.54 Å². The summed E-state index contributed by atoms with van der Waals surface area (Å²) in [5.74, 6) is 0.335. The number of phenols is 1. The molecule has 0 fully saturated rings. The highest BCUT2D eigenvalue weighted by Crippen LogP contribution is 2.20. The van der Waals surface area contributed by atoms with E-state index in [4.69, 9.17) is 11.6 Å². The third kappa shape index (κ3) is 3.72. The fourth-order valence-electron chi connectivity index (χ4n) is 1.99. The van der Waals surface area contributed by atoms with Gasteiger partial charge in [0, 0.05) is 23.2 Å². The topological polar surface area (TPSA) is 32.3 Å². The monoisotopic (exact) mass is 275 g/mol. The van der Waals surface area contributed by atoms with Crippen LogP contribution in [0.5, 0.6) is 5.75 Å². The van der Waals surface area contributed by atoms with Gasteiger partial charge < -0.3 is 10.4 Å². The van der Waals surface area contributed by atoms with Gasteiger partial charge in [0.05, 0.1) is 0 Å². The molecule has 19 heavy (non-hydrogen) atoms. The third-order valence-corrected chi connectivity index (χ3v) is 3.46. The Labute approximate surface area is 119 Å². The van der Waals surface area contributed by atoms with E-state index in [-0.39, 0.29) is 6.04 Å². The summed E-state index contributed by atoms with van der Waals surface area (Å²) in [6, 6.07) is 13.6. The molecule has 0 aromatic heterocycles. The first-order valence-corrected chi connectivity index (χ1v) is 6.71. The molecule has 2 aromatic rings. The first-order valence-electron chi connectivity index (χ1n) is 6.33. The summed E-state index contributed by atoms with van der Waals surface area (Å²) in [6.07, 6.45) is 0. The molecule has 2 rings (SSSR count). The second kappa shape index (κ2) is 6.09. The molecule has 0 spiro atoms. The van der Waals surface area contributed by atoms with Crippen molar-refractivity contribution < 1.29 is 5.11 Å². The number of hydrogen-bond donors (Lipinski definition) is 2. The summed E-state index contributed by atoms with van der Waals surface area (Å²) < 4.78 is 0. The van der Waals surface area contributed by atoms with E-state index in [0.29, 0.717) is 12.3 Å². The molecule has 0 bridgehead atoms. The summed E-state index contributed by atoms with van der Waals surface area (Å²) in [5, 5.41) is 13.9. The molecule has 100 valence electrons. The molecule has 2 nitrogen and oxygen atoms in total. The van der Waals surface area contributed by atoms with Crippen molar-refractivity contribution in [1.29, 1.82) is 0 Å². The van der Waals surface area contributed by atoms with Crippen molar-refractivity contribution in [3.8, 4) is 5.75 Å². The number of halogens is 1. The van der Waals surface area contributed by atoms with Gasteiger partial charge in [-0.2, -0.15) is 0 Å². The van der Waals surface area contributed by atoms with E-state index in [1.54, 1.807) is 6.07 Å². The number of benzene rings is 2. The fourth-order valence-corrected chi connectivity index (χ4v) is 2.11. The first kappa shape index (κ1) is 13.9. The summed E-state index contributed by atoms with van der Waals surface area (Å²) in [6.45, 7) is 4.75. The lowest BCUT2D eigenvalue weighted by atomic mass is 10.1. The maximum atomic E-state index is 9.80. The molecule has 2 aromatic carbocycles. The number of phenolic OH excluding ortho intramolecular Hbond substituents is 1. The minimum atomic E-state index is 0.206. The van der Waals surface area contributed by atoms with Crippen LogP contribution in [0.15, 0.2) is 42.5 Å². The van der Waals surface area contributed by atoms with Gasteiger partial charge in [0.15, 0.2) is 0 Å². The third-order valence-electron chi connectivity index (χ3n) is 3.20. The summed E-state index contributed by atoms with van der Waals surface area (Å²) in [7, 11) is 0. The van der Waals surface area contributed by atoms with Crippen molar-refractivity contribution in [3.63, 3.8) is 0 Å². The first-order chi connectivity index (χ1) is 9.06. The summed E-state index contributed by atoms with van der Waals surface area (Å²) >= 11 is 5.87. The minimum Gasteiger partial charge on any atom is -0.508 e. The van der Waals surface area contributed by atoms with Crippen molar-refractivity contribution in [2.75, 3.05) is 0 Å². The molecule has 0 radical (unpaired) electrons. The maximum absolute atomic E-state index is 9.80. The molecule has 0 aliphatic carbocycles. The molecule has 2 N–H and O–H groups in total. The number of rotatable bonds is 4. The highest BCUT2D eigenvalue weighted by molar-refractivity contribution is 6.30. The van der Waals surface area contributed by atoms with Crippen LogP contribution in [0.4, 0.5) is 0 Å². The van der Waals surface area contributed by atoms with Gasteiger partial charge in [-0.1, -0.05) is 41.4 Å². The lowest BCUT2D eigenvalue weighted by molar-refractivity contribution is 0.460. The minimum absolute atomic E-state index is 0.206. The van der Waals surface area contributed by atoms with E-state index in [9.17, 15) is 5.11 Å². The Morgan fingerprint density at radius 2 is 1.84 bits per heavy atom. The van der Waals surface area contributed by atoms with E-state index in [1.165, 1.54) is 5.56 Å². The normalized spacial score (nSPS) is 12.4. The Kier molecular flexibility index (Phi) is 4.46. The molecule has 0 heterocycles. The molecular formula is C16H18ClNO. The molecule has 1 atom stereocenters. The van der Waals surface area contributed by atoms with E-state index < -0.39 is 0 Å². The van der Waals surface area contributed by atoms with Crippen molar-refractivity contribution in [3.05, 3.63) is 64.2 Å². The number of aromatic hydroxyl groups is 1. The van der Waals surface area contributed by atoms with E-state index in [2.05, 4.69) is 12.2 Å². The molecule has 3 heteroatoms. The smallest absolute Gasteiger partial charge is 0.120 e.